The number of alkyl halides is 4. The summed E-state index contributed by atoms with van der Waals surface area (Å²) in [6.07, 6.45) is -5.68. The molecule has 0 fully saturated rings. The Labute approximate surface area is 98.2 Å². The molecule has 0 aliphatic rings. The third-order valence-electron chi connectivity index (χ3n) is 1.84. The highest BCUT2D eigenvalue weighted by atomic mass is 19.4. The van der Waals surface area contributed by atoms with E-state index in [0.29, 0.717) is 0 Å². The van der Waals surface area contributed by atoms with Gasteiger partial charge in [-0.1, -0.05) is 0 Å². The Hall–Kier alpha value is -2.06. The van der Waals surface area contributed by atoms with Crippen LogP contribution in [0.3, 0.4) is 0 Å². The minimum absolute atomic E-state index is 0.274. The van der Waals surface area contributed by atoms with Gasteiger partial charge in [-0.2, -0.15) is 0 Å². The number of nitrogens with two attached hydrogens (primary N) is 1. The molecular formula is C9H8F4N2O3. The molecule has 0 aliphatic carbocycles. The van der Waals surface area contributed by atoms with Crippen molar-refractivity contribution in [1.82, 2.24) is 4.98 Å². The number of carboxylic acid groups (broad SMARTS) is 1. The van der Waals surface area contributed by atoms with Crippen molar-refractivity contribution in [3.63, 3.8) is 0 Å². The molecule has 1 heterocycles. The van der Waals surface area contributed by atoms with E-state index in [1.807, 2.05) is 0 Å². The van der Waals surface area contributed by atoms with Crippen molar-refractivity contribution in [3.8, 4) is 5.75 Å². The minimum atomic E-state index is -5.01. The lowest BCUT2D eigenvalue weighted by atomic mass is 10.2. The van der Waals surface area contributed by atoms with Crippen LogP contribution in [0.25, 0.3) is 0 Å². The van der Waals surface area contributed by atoms with Gasteiger partial charge in [0.05, 0.1) is 23.5 Å². The molecule has 3 N–H and O–H groups in total. The van der Waals surface area contributed by atoms with Crippen LogP contribution in [-0.4, -0.2) is 22.4 Å². The van der Waals surface area contributed by atoms with Gasteiger partial charge >= 0.3 is 12.3 Å². The molecule has 100 valence electrons. The highest BCUT2D eigenvalue weighted by Gasteiger charge is 2.32. The Morgan fingerprint density at radius 2 is 2.11 bits per heavy atom. The smallest absolute Gasteiger partial charge is 0.481 e. The molecule has 0 aromatic carbocycles. The highest BCUT2D eigenvalue weighted by Crippen LogP contribution is 2.31. The van der Waals surface area contributed by atoms with Crippen molar-refractivity contribution in [2.24, 2.45) is 0 Å². The van der Waals surface area contributed by atoms with E-state index in [1.54, 1.807) is 0 Å². The fraction of sp³-hybridized carbons (Fsp3) is 0.333. The van der Waals surface area contributed by atoms with Crippen LogP contribution in [0.5, 0.6) is 5.75 Å². The first-order valence-electron chi connectivity index (χ1n) is 4.54. The van der Waals surface area contributed by atoms with Gasteiger partial charge in [-0.25, -0.2) is 4.39 Å². The molecule has 1 rings (SSSR count). The number of nitrogens with zero attached hydrogens (tertiary/aromatic N) is 1. The summed E-state index contributed by atoms with van der Waals surface area (Å²) in [5.74, 6) is -2.18. The molecule has 0 saturated carbocycles. The van der Waals surface area contributed by atoms with E-state index in [-0.39, 0.29) is 5.69 Å². The van der Waals surface area contributed by atoms with Crippen molar-refractivity contribution in [3.05, 3.63) is 17.5 Å². The Balaban J connectivity index is 3.18. The molecule has 0 radical (unpaired) electrons. The fourth-order valence-corrected chi connectivity index (χ4v) is 1.19. The first-order chi connectivity index (χ1) is 8.23. The van der Waals surface area contributed by atoms with Crippen LogP contribution in [-0.2, 0) is 17.9 Å². The maximum atomic E-state index is 12.5. The third kappa shape index (κ3) is 3.75. The number of rotatable bonds is 4. The summed E-state index contributed by atoms with van der Waals surface area (Å²) in [6.45, 7) is -1.23. The number of ether oxygens (including phenoxy) is 1. The number of anilines is 1. The van der Waals surface area contributed by atoms with Gasteiger partial charge in [0.15, 0.2) is 5.75 Å². The number of aromatic nitrogens is 1. The maximum Gasteiger partial charge on any atom is 0.573 e. The summed E-state index contributed by atoms with van der Waals surface area (Å²) in [5, 5.41) is 8.50. The van der Waals surface area contributed by atoms with Gasteiger partial charge in [-0.3, -0.25) is 9.78 Å². The Bertz CT molecular complexity index is 462. The van der Waals surface area contributed by atoms with Gasteiger partial charge in [-0.15, -0.1) is 13.2 Å². The number of hydrogen-bond donors (Lipinski definition) is 2. The van der Waals surface area contributed by atoms with Crippen molar-refractivity contribution in [2.75, 3.05) is 5.73 Å². The van der Waals surface area contributed by atoms with Crippen LogP contribution in [0.1, 0.15) is 11.4 Å². The first-order valence-corrected chi connectivity index (χ1v) is 4.54. The second-order valence-electron chi connectivity index (χ2n) is 3.22. The zero-order valence-corrected chi connectivity index (χ0v) is 8.79. The number of halogens is 4. The molecule has 1 aromatic rings. The highest BCUT2D eigenvalue weighted by molar-refractivity contribution is 5.70. The summed E-state index contributed by atoms with van der Waals surface area (Å²) in [6, 6.07) is 0.718. The van der Waals surface area contributed by atoms with Gasteiger partial charge in [0.2, 0.25) is 0 Å². The molecular weight excluding hydrogens is 260 g/mol. The molecule has 9 heteroatoms. The lowest BCUT2D eigenvalue weighted by Crippen LogP contribution is -2.19. The number of carbonyl (C=O) groups is 1. The van der Waals surface area contributed by atoms with Crippen LogP contribution in [0.15, 0.2) is 6.07 Å². The van der Waals surface area contributed by atoms with E-state index in [0.717, 1.165) is 6.07 Å². The quantitative estimate of drug-likeness (QED) is 0.811. The topological polar surface area (TPSA) is 85.4 Å². The van der Waals surface area contributed by atoms with E-state index in [4.69, 9.17) is 10.8 Å². The molecule has 0 atom stereocenters. The van der Waals surface area contributed by atoms with Gasteiger partial charge in [0, 0.05) is 6.07 Å². The van der Waals surface area contributed by atoms with Crippen molar-refractivity contribution in [2.45, 2.75) is 19.5 Å². The Morgan fingerprint density at radius 1 is 1.50 bits per heavy atom. The molecule has 0 saturated heterocycles. The van der Waals surface area contributed by atoms with Gasteiger partial charge < -0.3 is 15.6 Å². The van der Waals surface area contributed by atoms with E-state index in [1.165, 1.54) is 0 Å². The van der Waals surface area contributed by atoms with Crippen LogP contribution < -0.4 is 10.5 Å². The third-order valence-corrected chi connectivity index (χ3v) is 1.84. The predicted octanol–water partition coefficient (Wildman–Crippen LogP) is 1.66. The van der Waals surface area contributed by atoms with Crippen molar-refractivity contribution >= 4 is 11.7 Å². The van der Waals surface area contributed by atoms with E-state index in [9.17, 15) is 22.4 Å². The Kier molecular flexibility index (Phi) is 3.94. The molecule has 0 spiro atoms. The standard InChI is InChI=1S/C9H8F4N2O3/c10-3-5-8(14)6(18-9(11,12)13)1-4(15-5)2-7(16)17/h1H,2-3,14H2,(H,16,17). The van der Waals surface area contributed by atoms with E-state index in [2.05, 4.69) is 9.72 Å². The fourth-order valence-electron chi connectivity index (χ4n) is 1.19. The van der Waals surface area contributed by atoms with Gasteiger partial charge in [0.25, 0.3) is 0 Å². The minimum Gasteiger partial charge on any atom is -0.481 e. The van der Waals surface area contributed by atoms with E-state index >= 15 is 0 Å². The number of hydrogen-bond acceptors (Lipinski definition) is 4. The molecule has 1 aromatic heterocycles. The van der Waals surface area contributed by atoms with Crippen LogP contribution in [0, 0.1) is 0 Å². The molecule has 0 bridgehead atoms. The summed E-state index contributed by atoms with van der Waals surface area (Å²) in [7, 11) is 0. The SMILES string of the molecule is Nc1c(OC(F)(F)F)cc(CC(=O)O)nc1CF. The van der Waals surface area contributed by atoms with Gasteiger partial charge in [0.1, 0.15) is 6.67 Å². The van der Waals surface area contributed by atoms with Crippen LogP contribution >= 0.6 is 0 Å². The zero-order chi connectivity index (χ0) is 13.9. The largest absolute Gasteiger partial charge is 0.573 e. The van der Waals surface area contributed by atoms with Gasteiger partial charge in [-0.05, 0) is 0 Å². The molecule has 0 unspecified atom stereocenters. The number of aliphatic carboxylic acids is 1. The lowest BCUT2D eigenvalue weighted by molar-refractivity contribution is -0.274. The average molecular weight is 268 g/mol. The van der Waals surface area contributed by atoms with E-state index < -0.39 is 42.6 Å². The predicted molar refractivity (Wildman–Crippen MR) is 51.5 cm³/mol. The number of carboxylic acids is 1. The Morgan fingerprint density at radius 3 is 2.56 bits per heavy atom. The molecule has 0 amide bonds. The van der Waals surface area contributed by atoms with Crippen LogP contribution in [0.2, 0.25) is 0 Å². The summed E-state index contributed by atoms with van der Waals surface area (Å²) in [4.78, 5) is 13.9. The normalized spacial score (nSPS) is 11.3. The second kappa shape index (κ2) is 5.07. The van der Waals surface area contributed by atoms with Crippen molar-refractivity contribution in [1.29, 1.82) is 0 Å². The first kappa shape index (κ1) is 14.0. The maximum absolute atomic E-state index is 12.5. The zero-order valence-electron chi connectivity index (χ0n) is 8.79. The molecule has 0 aliphatic heterocycles. The summed E-state index contributed by atoms with van der Waals surface area (Å²) in [5.41, 5.74) is 3.85. The van der Waals surface area contributed by atoms with Crippen molar-refractivity contribution < 1.29 is 32.2 Å². The monoisotopic (exact) mass is 268 g/mol. The molecule has 5 nitrogen and oxygen atoms in total. The average Bonchev–Trinajstić information content (AvgIpc) is 2.19. The lowest BCUT2D eigenvalue weighted by Gasteiger charge is -2.13. The summed E-state index contributed by atoms with van der Waals surface area (Å²) >= 11 is 0. The number of pyridine rings is 1. The van der Waals surface area contributed by atoms with Crippen LogP contribution in [0.4, 0.5) is 23.2 Å². The second-order valence-corrected chi connectivity index (χ2v) is 3.22. The number of nitrogen functional groups attached to an aromatic ring is 1. The molecule has 18 heavy (non-hydrogen) atoms. The summed E-state index contributed by atoms with van der Waals surface area (Å²) < 4.78 is 52.2.